The molecule has 1 fully saturated rings. The van der Waals surface area contributed by atoms with Gasteiger partial charge in [-0.15, -0.1) is 24.0 Å². The maximum Gasteiger partial charge on any atom is 0.191 e. The predicted molar refractivity (Wildman–Crippen MR) is 110 cm³/mol. The topological polar surface area (TPSA) is 39.7 Å². The van der Waals surface area contributed by atoms with Gasteiger partial charge in [0.1, 0.15) is 11.6 Å². The van der Waals surface area contributed by atoms with E-state index in [1.165, 1.54) is 31.4 Å². The van der Waals surface area contributed by atoms with Gasteiger partial charge in [0.15, 0.2) is 5.96 Å². The molecule has 0 amide bonds. The molecule has 142 valence electrons. The molecule has 0 saturated carbocycles. The number of halogens is 3. The minimum absolute atomic E-state index is 0. The summed E-state index contributed by atoms with van der Waals surface area (Å²) in [5, 5.41) is 6.51. The second kappa shape index (κ2) is 11.6. The molecule has 1 saturated heterocycles. The lowest BCUT2D eigenvalue weighted by Gasteiger charge is -2.35. The minimum atomic E-state index is -0.411. The normalized spacial score (nSPS) is 18.6. The lowest BCUT2D eigenvalue weighted by molar-refractivity contribution is 0.157. The number of nitrogens with zero attached hydrogens (tertiary/aromatic N) is 2. The molecule has 1 atom stereocenters. The van der Waals surface area contributed by atoms with E-state index in [9.17, 15) is 8.78 Å². The highest BCUT2D eigenvalue weighted by Crippen LogP contribution is 2.15. The van der Waals surface area contributed by atoms with Gasteiger partial charge in [-0.1, -0.05) is 13.3 Å². The number of likely N-dealkylation sites (tertiary alicyclic amines) is 1. The number of hydrogen-bond donors (Lipinski definition) is 2. The smallest absolute Gasteiger partial charge is 0.191 e. The van der Waals surface area contributed by atoms with Crippen molar-refractivity contribution in [3.8, 4) is 0 Å². The van der Waals surface area contributed by atoms with Crippen molar-refractivity contribution in [3.05, 3.63) is 35.4 Å². The van der Waals surface area contributed by atoms with E-state index in [0.29, 0.717) is 30.5 Å². The molecule has 25 heavy (non-hydrogen) atoms. The second-order valence-electron chi connectivity index (χ2n) is 6.14. The van der Waals surface area contributed by atoms with Crippen molar-refractivity contribution in [2.24, 2.45) is 4.99 Å². The van der Waals surface area contributed by atoms with E-state index in [1.54, 1.807) is 7.05 Å². The summed E-state index contributed by atoms with van der Waals surface area (Å²) in [6.07, 6.45) is 4.16. The van der Waals surface area contributed by atoms with Crippen molar-refractivity contribution < 1.29 is 8.78 Å². The van der Waals surface area contributed by atoms with Crippen LogP contribution < -0.4 is 10.6 Å². The molecule has 2 rings (SSSR count). The van der Waals surface area contributed by atoms with E-state index in [2.05, 4.69) is 27.4 Å². The van der Waals surface area contributed by atoms with Crippen LogP contribution in [-0.2, 0) is 6.42 Å². The quantitative estimate of drug-likeness (QED) is 0.385. The third-order valence-electron chi connectivity index (χ3n) is 4.58. The minimum Gasteiger partial charge on any atom is -0.356 e. The Labute approximate surface area is 166 Å². The summed E-state index contributed by atoms with van der Waals surface area (Å²) in [6.45, 7) is 5.77. The molecule has 1 aliphatic rings. The molecule has 7 heteroatoms. The number of benzene rings is 1. The van der Waals surface area contributed by atoms with Crippen molar-refractivity contribution in [2.45, 2.75) is 38.6 Å². The Hall–Kier alpha value is -0.960. The molecule has 1 aromatic rings. The molecule has 1 heterocycles. The Kier molecular flexibility index (Phi) is 10.3. The molecule has 1 unspecified atom stereocenters. The first-order valence-corrected chi connectivity index (χ1v) is 8.76. The van der Waals surface area contributed by atoms with E-state index in [0.717, 1.165) is 25.7 Å². The highest BCUT2D eigenvalue weighted by atomic mass is 127. The lowest BCUT2D eigenvalue weighted by Crippen LogP contribution is -2.49. The van der Waals surface area contributed by atoms with E-state index in [4.69, 9.17) is 0 Å². The summed E-state index contributed by atoms with van der Waals surface area (Å²) >= 11 is 0. The largest absolute Gasteiger partial charge is 0.356 e. The average molecular weight is 466 g/mol. The maximum atomic E-state index is 13.6. The highest BCUT2D eigenvalue weighted by Gasteiger charge is 2.20. The van der Waals surface area contributed by atoms with Gasteiger partial charge in [0.05, 0.1) is 0 Å². The molecule has 1 aromatic carbocycles. The molecule has 4 nitrogen and oxygen atoms in total. The summed E-state index contributed by atoms with van der Waals surface area (Å²) < 4.78 is 26.8. The zero-order valence-corrected chi connectivity index (χ0v) is 17.4. The number of rotatable bonds is 6. The van der Waals surface area contributed by atoms with Crippen LogP contribution in [0.3, 0.4) is 0 Å². The van der Waals surface area contributed by atoms with Crippen LogP contribution in [0.25, 0.3) is 0 Å². The Balaban J connectivity index is 0.00000312. The van der Waals surface area contributed by atoms with Gasteiger partial charge in [-0.25, -0.2) is 8.78 Å². The van der Waals surface area contributed by atoms with Crippen LogP contribution in [0.2, 0.25) is 0 Å². The van der Waals surface area contributed by atoms with Crippen molar-refractivity contribution in [3.63, 3.8) is 0 Å². The van der Waals surface area contributed by atoms with E-state index < -0.39 is 5.82 Å². The number of hydrogen-bond acceptors (Lipinski definition) is 2. The Morgan fingerprint density at radius 2 is 2.08 bits per heavy atom. The molecular weight excluding hydrogens is 437 g/mol. The summed E-state index contributed by atoms with van der Waals surface area (Å²) in [7, 11) is 1.72. The first-order chi connectivity index (χ1) is 11.6. The number of guanidine groups is 1. The Morgan fingerprint density at radius 3 is 2.80 bits per heavy atom. The van der Waals surface area contributed by atoms with E-state index in [1.807, 2.05) is 0 Å². The first kappa shape index (κ1) is 22.1. The van der Waals surface area contributed by atoms with Gasteiger partial charge >= 0.3 is 0 Å². The van der Waals surface area contributed by atoms with Gasteiger partial charge in [-0.3, -0.25) is 9.89 Å². The number of piperidine rings is 1. The van der Waals surface area contributed by atoms with Crippen LogP contribution in [-0.4, -0.2) is 50.1 Å². The van der Waals surface area contributed by atoms with Crippen LogP contribution in [0.5, 0.6) is 0 Å². The highest BCUT2D eigenvalue weighted by molar-refractivity contribution is 14.0. The fourth-order valence-electron chi connectivity index (χ4n) is 3.19. The van der Waals surface area contributed by atoms with Gasteiger partial charge in [0.25, 0.3) is 0 Å². The van der Waals surface area contributed by atoms with Gasteiger partial charge in [-0.05, 0) is 56.1 Å². The SMILES string of the molecule is CCN1CCCCC1CNC(=NC)NCCc1cc(F)ccc1F.I. The summed E-state index contributed by atoms with van der Waals surface area (Å²) in [5.41, 5.74) is 0.377. The van der Waals surface area contributed by atoms with Crippen molar-refractivity contribution in [1.82, 2.24) is 15.5 Å². The Morgan fingerprint density at radius 1 is 1.28 bits per heavy atom. The summed E-state index contributed by atoms with van der Waals surface area (Å²) in [4.78, 5) is 6.69. The van der Waals surface area contributed by atoms with Gasteiger partial charge in [0.2, 0.25) is 0 Å². The van der Waals surface area contributed by atoms with Crippen molar-refractivity contribution in [2.75, 3.05) is 33.2 Å². The van der Waals surface area contributed by atoms with Crippen molar-refractivity contribution >= 4 is 29.9 Å². The molecule has 0 radical (unpaired) electrons. The lowest BCUT2D eigenvalue weighted by atomic mass is 10.0. The third kappa shape index (κ3) is 7.05. The molecule has 2 N–H and O–H groups in total. The van der Waals surface area contributed by atoms with Crippen LogP contribution in [0.15, 0.2) is 23.2 Å². The second-order valence-corrected chi connectivity index (χ2v) is 6.14. The van der Waals surface area contributed by atoms with Crippen molar-refractivity contribution in [1.29, 1.82) is 0 Å². The van der Waals surface area contributed by atoms with Gasteiger partial charge in [-0.2, -0.15) is 0 Å². The molecule has 0 aromatic heterocycles. The molecular formula is C18H29F2IN4. The van der Waals surface area contributed by atoms with E-state index in [-0.39, 0.29) is 29.8 Å². The molecule has 0 aliphatic carbocycles. The van der Waals surface area contributed by atoms with Crippen LogP contribution in [0, 0.1) is 11.6 Å². The third-order valence-corrected chi connectivity index (χ3v) is 4.58. The van der Waals surface area contributed by atoms with Gasteiger partial charge in [0, 0.05) is 26.2 Å². The predicted octanol–water partition coefficient (Wildman–Crippen LogP) is 3.16. The maximum absolute atomic E-state index is 13.6. The van der Waals surface area contributed by atoms with Gasteiger partial charge < -0.3 is 10.6 Å². The standard InChI is InChI=1S/C18H28F2N4.HI/c1-3-24-11-5-4-6-16(24)13-23-18(21-2)22-10-9-14-12-15(19)7-8-17(14)20;/h7-8,12,16H,3-6,9-11,13H2,1-2H3,(H2,21,22,23);1H. The summed E-state index contributed by atoms with van der Waals surface area (Å²) in [5.74, 6) is -0.0822. The Bertz CT molecular complexity index is 554. The summed E-state index contributed by atoms with van der Waals surface area (Å²) in [6, 6.07) is 4.08. The van der Waals surface area contributed by atoms with Crippen LogP contribution in [0.4, 0.5) is 8.78 Å². The first-order valence-electron chi connectivity index (χ1n) is 8.76. The zero-order chi connectivity index (χ0) is 17.4. The van der Waals surface area contributed by atoms with Crippen LogP contribution in [0.1, 0.15) is 31.7 Å². The number of nitrogens with one attached hydrogen (secondary N) is 2. The fourth-order valence-corrected chi connectivity index (χ4v) is 3.19. The number of aliphatic imine (C=N–C) groups is 1. The molecule has 0 spiro atoms. The monoisotopic (exact) mass is 466 g/mol. The molecule has 0 bridgehead atoms. The number of likely N-dealkylation sites (N-methyl/N-ethyl adjacent to an activating group) is 1. The van der Waals surface area contributed by atoms with Crippen LogP contribution >= 0.6 is 24.0 Å². The van der Waals surface area contributed by atoms with E-state index >= 15 is 0 Å². The molecule has 1 aliphatic heterocycles. The average Bonchev–Trinajstić information content (AvgIpc) is 2.61. The zero-order valence-electron chi connectivity index (χ0n) is 15.0. The fraction of sp³-hybridized carbons (Fsp3) is 0.611.